The molecule has 20 heavy (non-hydrogen) atoms. The van der Waals surface area contributed by atoms with Crippen LogP contribution in [0.3, 0.4) is 0 Å². The van der Waals surface area contributed by atoms with Crippen molar-refractivity contribution in [3.05, 3.63) is 29.3 Å². The molecule has 1 atom stereocenters. The highest BCUT2D eigenvalue weighted by Gasteiger charge is 2.20. The lowest BCUT2D eigenvalue weighted by Crippen LogP contribution is -2.39. The lowest BCUT2D eigenvalue weighted by Gasteiger charge is -2.29. The van der Waals surface area contributed by atoms with Crippen molar-refractivity contribution in [2.75, 3.05) is 37.7 Å². The van der Waals surface area contributed by atoms with E-state index in [0.717, 1.165) is 19.5 Å². The van der Waals surface area contributed by atoms with E-state index in [0.29, 0.717) is 11.8 Å². The van der Waals surface area contributed by atoms with E-state index in [2.05, 4.69) is 28.0 Å². The van der Waals surface area contributed by atoms with Crippen LogP contribution in [0, 0.1) is 0 Å². The zero-order chi connectivity index (χ0) is 13.8. The summed E-state index contributed by atoms with van der Waals surface area (Å²) in [6.45, 7) is 4.70. The molecule has 3 rings (SSSR count). The third-order valence-corrected chi connectivity index (χ3v) is 5.31. The molecule has 0 radical (unpaired) electrons. The first-order valence-electron chi connectivity index (χ1n) is 7.68. The summed E-state index contributed by atoms with van der Waals surface area (Å²) in [4.78, 5) is 2.56. The molecule has 1 aromatic carbocycles. The zero-order valence-electron chi connectivity index (χ0n) is 12.0. The van der Waals surface area contributed by atoms with Crippen LogP contribution >= 0.6 is 11.8 Å². The van der Waals surface area contributed by atoms with Gasteiger partial charge in [0.1, 0.15) is 5.75 Å². The molecule has 1 fully saturated rings. The Balaban J connectivity index is 1.53. The van der Waals surface area contributed by atoms with Crippen LogP contribution in [0.1, 0.15) is 30.0 Å². The van der Waals surface area contributed by atoms with Gasteiger partial charge in [-0.15, -0.1) is 0 Å². The number of phenols is 1. The topological polar surface area (TPSA) is 35.5 Å². The Hall–Kier alpha value is -0.710. The van der Waals surface area contributed by atoms with Gasteiger partial charge in [-0.05, 0) is 42.5 Å². The van der Waals surface area contributed by atoms with Crippen molar-refractivity contribution in [3.8, 4) is 5.75 Å². The fraction of sp³-hybridized carbons (Fsp3) is 0.625. The summed E-state index contributed by atoms with van der Waals surface area (Å²) >= 11 is 2.07. The number of nitrogens with one attached hydrogen (secondary N) is 1. The van der Waals surface area contributed by atoms with E-state index in [4.69, 9.17) is 0 Å². The number of fused-ring (bicyclic) bond motifs is 1. The largest absolute Gasteiger partial charge is 0.508 e. The van der Waals surface area contributed by atoms with Gasteiger partial charge in [-0.1, -0.05) is 6.07 Å². The maximum Gasteiger partial charge on any atom is 0.115 e. The van der Waals surface area contributed by atoms with Crippen molar-refractivity contribution in [2.45, 2.75) is 25.3 Å². The third-order valence-electron chi connectivity index (χ3n) is 4.36. The van der Waals surface area contributed by atoms with Crippen LogP contribution in [-0.2, 0) is 6.42 Å². The second kappa shape index (κ2) is 6.83. The monoisotopic (exact) mass is 292 g/mol. The molecule has 0 amide bonds. The summed E-state index contributed by atoms with van der Waals surface area (Å²) in [7, 11) is 0. The molecule has 1 aliphatic heterocycles. The average Bonchev–Trinajstić information content (AvgIpc) is 2.48. The predicted molar refractivity (Wildman–Crippen MR) is 85.6 cm³/mol. The van der Waals surface area contributed by atoms with Gasteiger partial charge in [0.05, 0.1) is 0 Å². The summed E-state index contributed by atoms with van der Waals surface area (Å²) in [6.07, 6.45) is 3.54. The molecule has 1 aliphatic carbocycles. The van der Waals surface area contributed by atoms with Gasteiger partial charge < -0.3 is 15.3 Å². The quantitative estimate of drug-likeness (QED) is 0.893. The Bertz CT molecular complexity index is 446. The Morgan fingerprint density at radius 2 is 2.15 bits per heavy atom. The number of hydrogen-bond acceptors (Lipinski definition) is 4. The first kappa shape index (κ1) is 14.2. The van der Waals surface area contributed by atoms with E-state index in [1.807, 2.05) is 12.1 Å². The van der Waals surface area contributed by atoms with E-state index >= 15 is 0 Å². The molecule has 110 valence electrons. The molecule has 2 N–H and O–H groups in total. The van der Waals surface area contributed by atoms with Crippen LogP contribution in [0.15, 0.2) is 18.2 Å². The Labute approximate surface area is 125 Å². The van der Waals surface area contributed by atoms with Gasteiger partial charge >= 0.3 is 0 Å². The minimum Gasteiger partial charge on any atom is -0.508 e. The zero-order valence-corrected chi connectivity index (χ0v) is 12.8. The molecule has 1 aromatic rings. The number of phenolic OH excluding ortho intramolecular Hbond substituents is 1. The molecular formula is C16H24N2OS. The van der Waals surface area contributed by atoms with Crippen molar-refractivity contribution in [1.29, 1.82) is 0 Å². The van der Waals surface area contributed by atoms with Crippen LogP contribution in [0.4, 0.5) is 0 Å². The van der Waals surface area contributed by atoms with Gasteiger partial charge in [0.15, 0.2) is 0 Å². The highest BCUT2D eigenvalue weighted by molar-refractivity contribution is 7.99. The van der Waals surface area contributed by atoms with Crippen LogP contribution in [-0.4, -0.2) is 47.7 Å². The van der Waals surface area contributed by atoms with Gasteiger partial charge in [0.25, 0.3) is 0 Å². The molecule has 1 saturated heterocycles. The minimum absolute atomic E-state index is 0.398. The number of rotatable bonds is 4. The average molecular weight is 292 g/mol. The fourth-order valence-electron chi connectivity index (χ4n) is 3.23. The lowest BCUT2D eigenvalue weighted by molar-refractivity contribution is 0.292. The fourth-order valence-corrected chi connectivity index (χ4v) is 4.21. The predicted octanol–water partition coefficient (Wildman–Crippen LogP) is 2.41. The normalized spacial score (nSPS) is 23.5. The van der Waals surface area contributed by atoms with Gasteiger partial charge in [-0.25, -0.2) is 0 Å². The number of hydrogen-bond donors (Lipinski definition) is 2. The van der Waals surface area contributed by atoms with Crippen molar-refractivity contribution in [1.82, 2.24) is 10.2 Å². The molecular weight excluding hydrogens is 268 g/mol. The molecule has 0 bridgehead atoms. The first-order chi connectivity index (χ1) is 9.83. The van der Waals surface area contributed by atoms with E-state index in [1.165, 1.54) is 48.6 Å². The van der Waals surface area contributed by atoms with E-state index in [-0.39, 0.29) is 0 Å². The highest BCUT2D eigenvalue weighted by Crippen LogP contribution is 2.31. The third kappa shape index (κ3) is 3.48. The van der Waals surface area contributed by atoms with Crippen LogP contribution in [0.25, 0.3) is 0 Å². The summed E-state index contributed by atoms with van der Waals surface area (Å²) in [5.41, 5.74) is 2.71. The summed E-state index contributed by atoms with van der Waals surface area (Å²) in [5.74, 6) is 2.96. The van der Waals surface area contributed by atoms with Crippen LogP contribution in [0.2, 0.25) is 0 Å². The van der Waals surface area contributed by atoms with Crippen molar-refractivity contribution in [3.63, 3.8) is 0 Å². The van der Waals surface area contributed by atoms with Crippen molar-refractivity contribution >= 4 is 11.8 Å². The van der Waals surface area contributed by atoms with E-state index < -0.39 is 0 Å². The van der Waals surface area contributed by atoms with Crippen LogP contribution in [0.5, 0.6) is 5.75 Å². The number of aromatic hydroxyl groups is 1. The van der Waals surface area contributed by atoms with Gasteiger partial charge in [-0.2, -0.15) is 11.8 Å². The van der Waals surface area contributed by atoms with E-state index in [1.54, 1.807) is 0 Å². The maximum atomic E-state index is 9.59. The van der Waals surface area contributed by atoms with E-state index in [9.17, 15) is 5.11 Å². The molecule has 0 spiro atoms. The lowest BCUT2D eigenvalue weighted by atomic mass is 9.87. The molecule has 0 aromatic heterocycles. The smallest absolute Gasteiger partial charge is 0.115 e. The number of aryl methyl sites for hydroxylation is 1. The van der Waals surface area contributed by atoms with Crippen molar-refractivity contribution < 1.29 is 5.11 Å². The molecule has 4 heteroatoms. The summed E-state index contributed by atoms with van der Waals surface area (Å²) in [6, 6.07) is 6.32. The number of thioether (sulfide) groups is 1. The SMILES string of the molecule is Oc1ccc2c(c1)CCCC2NCCN1CCSCC1. The maximum absolute atomic E-state index is 9.59. The highest BCUT2D eigenvalue weighted by atomic mass is 32.2. The van der Waals surface area contributed by atoms with Gasteiger partial charge in [-0.3, -0.25) is 0 Å². The van der Waals surface area contributed by atoms with Gasteiger partial charge in [0.2, 0.25) is 0 Å². The Morgan fingerprint density at radius 1 is 1.30 bits per heavy atom. The molecule has 1 heterocycles. The second-order valence-corrected chi connectivity index (χ2v) is 6.96. The van der Waals surface area contributed by atoms with Crippen LogP contribution < -0.4 is 5.32 Å². The Kier molecular flexibility index (Phi) is 4.86. The molecule has 3 nitrogen and oxygen atoms in total. The minimum atomic E-state index is 0.398. The molecule has 1 unspecified atom stereocenters. The summed E-state index contributed by atoms with van der Waals surface area (Å²) < 4.78 is 0. The number of nitrogens with zero attached hydrogens (tertiary/aromatic N) is 1. The standard InChI is InChI=1S/C16H24N2OS/c19-14-4-5-15-13(12-14)2-1-3-16(15)17-6-7-18-8-10-20-11-9-18/h4-5,12,16-17,19H,1-3,6-11H2. The molecule has 2 aliphatic rings. The summed E-state index contributed by atoms with van der Waals surface area (Å²) in [5, 5.41) is 13.3. The molecule has 0 saturated carbocycles. The second-order valence-electron chi connectivity index (χ2n) is 5.74. The number of benzene rings is 1. The first-order valence-corrected chi connectivity index (χ1v) is 8.84. The van der Waals surface area contributed by atoms with Gasteiger partial charge in [0, 0.05) is 43.7 Å². The Morgan fingerprint density at radius 3 is 3.00 bits per heavy atom. The van der Waals surface area contributed by atoms with Crippen molar-refractivity contribution in [2.24, 2.45) is 0 Å².